The van der Waals surface area contributed by atoms with Crippen molar-refractivity contribution >= 4 is 29.2 Å². The highest BCUT2D eigenvalue weighted by molar-refractivity contribution is 6.31. The normalized spacial score (nSPS) is 14.4. The second kappa shape index (κ2) is 9.12. The van der Waals surface area contributed by atoms with E-state index in [4.69, 9.17) is 16.3 Å². The van der Waals surface area contributed by atoms with Gasteiger partial charge in [0.15, 0.2) is 0 Å². The van der Waals surface area contributed by atoms with Crippen molar-refractivity contribution in [3.05, 3.63) is 88.4 Å². The second-order valence-electron chi connectivity index (χ2n) is 7.01. The first kappa shape index (κ1) is 19.5. The van der Waals surface area contributed by atoms with Crippen LogP contribution in [0.15, 0.2) is 71.7 Å². The predicted octanol–water partition coefficient (Wildman–Crippen LogP) is 5.22. The fourth-order valence-electron chi connectivity index (χ4n) is 3.46. The van der Waals surface area contributed by atoms with E-state index in [1.54, 1.807) is 12.3 Å². The first-order valence-electron chi connectivity index (χ1n) is 9.72. The molecule has 1 N–H and O–H groups in total. The van der Waals surface area contributed by atoms with E-state index in [0.717, 1.165) is 53.8 Å². The topological polar surface area (TPSA) is 45.1 Å². The number of ether oxygens (including phenoxy) is 1. The molecule has 0 amide bonds. The van der Waals surface area contributed by atoms with Crippen LogP contribution in [0.3, 0.4) is 0 Å². The molecule has 1 fully saturated rings. The smallest absolute Gasteiger partial charge is 0.124 e. The van der Waals surface area contributed by atoms with Gasteiger partial charge in [-0.1, -0.05) is 48.0 Å². The van der Waals surface area contributed by atoms with E-state index in [0.29, 0.717) is 12.0 Å². The van der Waals surface area contributed by atoms with Crippen LogP contribution in [-0.2, 0) is 11.2 Å². The molecule has 4 rings (SSSR count). The first-order valence-corrected chi connectivity index (χ1v) is 10.1. The number of rotatable bonds is 5. The van der Waals surface area contributed by atoms with Gasteiger partial charge in [0.05, 0.1) is 24.6 Å². The van der Waals surface area contributed by atoms with Gasteiger partial charge in [-0.15, -0.1) is 0 Å². The summed E-state index contributed by atoms with van der Waals surface area (Å²) >= 11 is 6.29. The molecule has 0 atom stereocenters. The van der Waals surface area contributed by atoms with Crippen LogP contribution in [0.25, 0.3) is 0 Å². The third-order valence-corrected chi connectivity index (χ3v) is 5.39. The van der Waals surface area contributed by atoms with Crippen LogP contribution < -0.4 is 4.90 Å². The Hall–Kier alpha value is -2.82. The minimum Gasteiger partial charge on any atom is -0.507 e. The molecular formula is C24H23ClN2O2. The lowest BCUT2D eigenvalue weighted by atomic mass is 10.0. The Morgan fingerprint density at radius 1 is 1.00 bits per heavy atom. The van der Waals surface area contributed by atoms with Crippen LogP contribution in [0.4, 0.5) is 11.4 Å². The van der Waals surface area contributed by atoms with Crippen molar-refractivity contribution in [3.8, 4) is 5.75 Å². The second-order valence-corrected chi connectivity index (χ2v) is 7.41. The Labute approximate surface area is 176 Å². The van der Waals surface area contributed by atoms with Gasteiger partial charge in [0, 0.05) is 29.9 Å². The average Bonchev–Trinajstić information content (AvgIpc) is 2.76. The monoisotopic (exact) mass is 406 g/mol. The van der Waals surface area contributed by atoms with Crippen LogP contribution >= 0.6 is 11.6 Å². The molecule has 29 heavy (non-hydrogen) atoms. The fraction of sp³-hybridized carbons (Fsp3) is 0.208. The summed E-state index contributed by atoms with van der Waals surface area (Å²) in [6.45, 7) is 3.15. The Kier molecular flexibility index (Phi) is 6.13. The van der Waals surface area contributed by atoms with Crippen molar-refractivity contribution in [3.63, 3.8) is 0 Å². The largest absolute Gasteiger partial charge is 0.507 e. The molecule has 3 aromatic rings. The van der Waals surface area contributed by atoms with Gasteiger partial charge in [-0.05, 0) is 47.9 Å². The third-order valence-electron chi connectivity index (χ3n) is 5.02. The molecule has 0 bridgehead atoms. The molecule has 0 spiro atoms. The predicted molar refractivity (Wildman–Crippen MR) is 119 cm³/mol. The van der Waals surface area contributed by atoms with E-state index >= 15 is 0 Å². The molecule has 0 aliphatic carbocycles. The number of benzene rings is 3. The minimum atomic E-state index is 0.209. The van der Waals surface area contributed by atoms with E-state index in [2.05, 4.69) is 16.0 Å². The Morgan fingerprint density at radius 2 is 1.76 bits per heavy atom. The average molecular weight is 407 g/mol. The first-order chi connectivity index (χ1) is 14.2. The summed E-state index contributed by atoms with van der Waals surface area (Å²) in [6, 6.07) is 21.5. The molecule has 0 radical (unpaired) electrons. The molecule has 1 saturated heterocycles. The number of aromatic hydroxyl groups is 1. The zero-order valence-electron chi connectivity index (χ0n) is 16.1. The van der Waals surface area contributed by atoms with Crippen molar-refractivity contribution in [2.24, 2.45) is 4.99 Å². The van der Waals surface area contributed by atoms with Crippen LogP contribution in [0.5, 0.6) is 5.75 Å². The summed E-state index contributed by atoms with van der Waals surface area (Å²) in [4.78, 5) is 6.97. The van der Waals surface area contributed by atoms with Gasteiger partial charge in [0.1, 0.15) is 5.75 Å². The summed E-state index contributed by atoms with van der Waals surface area (Å²) in [5.74, 6) is 0.209. The molecule has 0 unspecified atom stereocenters. The number of para-hydroxylation sites is 2. The summed E-state index contributed by atoms with van der Waals surface area (Å²) in [7, 11) is 0. The minimum absolute atomic E-state index is 0.209. The molecule has 1 heterocycles. The van der Waals surface area contributed by atoms with Crippen molar-refractivity contribution < 1.29 is 9.84 Å². The zero-order valence-corrected chi connectivity index (χ0v) is 16.8. The van der Waals surface area contributed by atoms with Crippen molar-refractivity contribution in [1.29, 1.82) is 0 Å². The van der Waals surface area contributed by atoms with Gasteiger partial charge < -0.3 is 14.7 Å². The maximum absolute atomic E-state index is 10.3. The molecule has 0 saturated carbocycles. The molecule has 1 aliphatic rings. The lowest BCUT2D eigenvalue weighted by Gasteiger charge is -2.29. The standard InChI is InChI=1S/C24H23ClN2O2/c25-21-6-2-1-5-19(21)15-18-9-10-24(28)20(16-18)17-26-22-7-3-4-8-23(22)27-11-13-29-14-12-27/h1-10,16-17,28H,11-15H2. The molecule has 3 aromatic carbocycles. The quantitative estimate of drug-likeness (QED) is 0.590. The van der Waals surface area contributed by atoms with Crippen LogP contribution in [0.2, 0.25) is 5.02 Å². The molecular weight excluding hydrogens is 384 g/mol. The van der Waals surface area contributed by atoms with Gasteiger partial charge >= 0.3 is 0 Å². The van der Waals surface area contributed by atoms with E-state index in [9.17, 15) is 5.11 Å². The van der Waals surface area contributed by atoms with Gasteiger partial charge in [0.25, 0.3) is 0 Å². The van der Waals surface area contributed by atoms with E-state index in [-0.39, 0.29) is 5.75 Å². The Morgan fingerprint density at radius 3 is 2.59 bits per heavy atom. The van der Waals surface area contributed by atoms with Gasteiger partial charge in [-0.25, -0.2) is 0 Å². The van der Waals surface area contributed by atoms with E-state index < -0.39 is 0 Å². The Balaban J connectivity index is 1.58. The number of morpholine rings is 1. The lowest BCUT2D eigenvalue weighted by molar-refractivity contribution is 0.123. The van der Waals surface area contributed by atoms with Gasteiger partial charge in [-0.2, -0.15) is 0 Å². The number of hydrogen-bond acceptors (Lipinski definition) is 4. The zero-order chi connectivity index (χ0) is 20.1. The van der Waals surface area contributed by atoms with E-state index in [1.807, 2.05) is 54.6 Å². The third kappa shape index (κ3) is 4.78. The molecule has 0 aromatic heterocycles. The maximum Gasteiger partial charge on any atom is 0.124 e. The summed E-state index contributed by atoms with van der Waals surface area (Å²) < 4.78 is 5.45. The van der Waals surface area contributed by atoms with Crippen molar-refractivity contribution in [1.82, 2.24) is 0 Å². The number of phenols is 1. The number of anilines is 1. The van der Waals surface area contributed by atoms with Crippen LogP contribution in [0, 0.1) is 0 Å². The van der Waals surface area contributed by atoms with Gasteiger partial charge in [0.2, 0.25) is 0 Å². The van der Waals surface area contributed by atoms with Crippen LogP contribution in [-0.4, -0.2) is 37.6 Å². The molecule has 5 heteroatoms. The number of phenolic OH excluding ortho intramolecular Hbond substituents is 1. The number of hydrogen-bond donors (Lipinski definition) is 1. The van der Waals surface area contributed by atoms with E-state index in [1.165, 1.54) is 0 Å². The SMILES string of the molecule is Oc1ccc(Cc2ccccc2Cl)cc1C=Nc1ccccc1N1CCOCC1. The fourth-order valence-corrected chi connectivity index (χ4v) is 3.67. The molecule has 4 nitrogen and oxygen atoms in total. The number of aliphatic imine (C=N–C) groups is 1. The molecule has 1 aliphatic heterocycles. The van der Waals surface area contributed by atoms with Crippen LogP contribution in [0.1, 0.15) is 16.7 Å². The van der Waals surface area contributed by atoms with Crippen molar-refractivity contribution in [2.45, 2.75) is 6.42 Å². The number of nitrogens with zero attached hydrogens (tertiary/aromatic N) is 2. The molecule has 148 valence electrons. The summed E-state index contributed by atoms with van der Waals surface area (Å²) in [5, 5.41) is 11.1. The Bertz CT molecular complexity index is 1010. The highest BCUT2D eigenvalue weighted by atomic mass is 35.5. The highest BCUT2D eigenvalue weighted by Crippen LogP contribution is 2.29. The summed E-state index contributed by atoms with van der Waals surface area (Å²) in [6.07, 6.45) is 2.43. The highest BCUT2D eigenvalue weighted by Gasteiger charge is 2.14. The lowest BCUT2D eigenvalue weighted by Crippen LogP contribution is -2.36. The maximum atomic E-state index is 10.3. The number of halogens is 1. The van der Waals surface area contributed by atoms with Crippen molar-refractivity contribution in [2.75, 3.05) is 31.2 Å². The van der Waals surface area contributed by atoms with Gasteiger partial charge in [-0.3, -0.25) is 4.99 Å². The summed E-state index contributed by atoms with van der Waals surface area (Å²) in [5.41, 5.74) is 4.77.